The van der Waals surface area contributed by atoms with Gasteiger partial charge in [-0.2, -0.15) is 0 Å². The first-order valence-corrected chi connectivity index (χ1v) is 4.95. The van der Waals surface area contributed by atoms with Gasteiger partial charge in [-0.3, -0.25) is 4.79 Å². The Morgan fingerprint density at radius 3 is 2.56 bits per heavy atom. The predicted octanol–water partition coefficient (Wildman–Crippen LogP) is 2.82. The van der Waals surface area contributed by atoms with Gasteiger partial charge in [0.1, 0.15) is 0 Å². The summed E-state index contributed by atoms with van der Waals surface area (Å²) < 4.78 is 0. The number of carbonyl (C=O) groups excluding carboxylic acids is 1. The number of aromatic hydroxyl groups is 2. The number of rotatable bonds is 4. The average molecular weight is 239 g/mol. The average Bonchev–Trinajstić information content (AvgIpc) is 2.22. The molecule has 4 heteroatoms. The lowest BCUT2D eigenvalue weighted by Gasteiger charge is -2.01. The van der Waals surface area contributed by atoms with E-state index in [4.69, 9.17) is 16.7 Å². The van der Waals surface area contributed by atoms with Crippen molar-refractivity contribution < 1.29 is 15.0 Å². The van der Waals surface area contributed by atoms with Crippen LogP contribution in [0.4, 0.5) is 0 Å². The normalized spacial score (nSPS) is 11.2. The number of hydrogen-bond acceptors (Lipinski definition) is 3. The van der Waals surface area contributed by atoms with Crippen LogP contribution in [0.15, 0.2) is 36.4 Å². The van der Waals surface area contributed by atoms with Gasteiger partial charge in [-0.05, 0) is 41.8 Å². The Labute approximate surface area is 98.3 Å². The zero-order chi connectivity index (χ0) is 12.1. The van der Waals surface area contributed by atoms with Crippen LogP contribution in [0.25, 0.3) is 6.08 Å². The Kier molecular flexibility index (Phi) is 4.14. The van der Waals surface area contributed by atoms with Gasteiger partial charge in [0.25, 0.3) is 0 Å². The highest BCUT2D eigenvalue weighted by Crippen LogP contribution is 2.26. The summed E-state index contributed by atoms with van der Waals surface area (Å²) in [5.74, 6) is -0.451. The summed E-state index contributed by atoms with van der Waals surface area (Å²) in [4.78, 5) is 11.0. The molecule has 0 unspecified atom stereocenters. The molecule has 1 aromatic carbocycles. The number of hydrogen-bond donors (Lipinski definition) is 2. The topological polar surface area (TPSA) is 57.5 Å². The number of benzene rings is 1. The molecule has 0 radical (unpaired) electrons. The van der Waals surface area contributed by atoms with Crippen LogP contribution in [0, 0.1) is 0 Å². The molecule has 16 heavy (non-hydrogen) atoms. The smallest absolute Gasteiger partial charge is 0.248 e. The summed E-state index contributed by atoms with van der Waals surface area (Å²) in [6.45, 7) is 3.52. The molecular weight excluding hydrogens is 228 g/mol. The van der Waals surface area contributed by atoms with Gasteiger partial charge in [0.05, 0.1) is 0 Å². The number of allylic oxidation sites excluding steroid dienone is 2. The molecule has 0 saturated carbocycles. The van der Waals surface area contributed by atoms with E-state index < -0.39 is 5.24 Å². The highest BCUT2D eigenvalue weighted by molar-refractivity contribution is 6.68. The molecular formula is C12H11ClO3. The zero-order valence-electron chi connectivity index (χ0n) is 8.48. The summed E-state index contributed by atoms with van der Waals surface area (Å²) in [6.07, 6.45) is 3.45. The molecule has 84 valence electrons. The van der Waals surface area contributed by atoms with Gasteiger partial charge in [0.2, 0.25) is 5.24 Å². The van der Waals surface area contributed by atoms with Gasteiger partial charge >= 0.3 is 0 Å². The number of halogens is 1. The summed E-state index contributed by atoms with van der Waals surface area (Å²) in [5.41, 5.74) is 0.961. The fourth-order valence-electron chi connectivity index (χ4n) is 1.18. The third kappa shape index (κ3) is 3.14. The van der Waals surface area contributed by atoms with Crippen LogP contribution in [0.2, 0.25) is 0 Å². The second-order valence-electron chi connectivity index (χ2n) is 3.18. The van der Waals surface area contributed by atoms with Gasteiger partial charge in [0.15, 0.2) is 11.5 Å². The van der Waals surface area contributed by atoms with E-state index in [0.717, 1.165) is 0 Å². The van der Waals surface area contributed by atoms with Crippen LogP contribution in [-0.2, 0) is 4.79 Å². The van der Waals surface area contributed by atoms with Gasteiger partial charge in [-0.25, -0.2) is 0 Å². The maximum Gasteiger partial charge on any atom is 0.248 e. The Bertz CT molecular complexity index is 450. The van der Waals surface area contributed by atoms with Gasteiger partial charge < -0.3 is 10.2 Å². The Morgan fingerprint density at radius 2 is 2.06 bits per heavy atom. The highest BCUT2D eigenvalue weighted by Gasteiger charge is 2.05. The van der Waals surface area contributed by atoms with E-state index in [-0.39, 0.29) is 11.5 Å². The number of carbonyl (C=O) groups is 1. The standard InChI is InChI=1S/C12H11ClO3/c1-2-3-9(12(13)16)6-8-4-5-10(14)11(15)7-8/h2,4-7,14-15H,1,3H2/b9-6+. The van der Waals surface area contributed by atoms with E-state index in [9.17, 15) is 9.90 Å². The SMILES string of the molecule is C=CC/C(=C\c1ccc(O)c(O)c1)C(=O)Cl. The van der Waals surface area contributed by atoms with Crippen LogP contribution < -0.4 is 0 Å². The molecule has 0 bridgehead atoms. The van der Waals surface area contributed by atoms with Crippen LogP contribution >= 0.6 is 11.6 Å². The zero-order valence-corrected chi connectivity index (χ0v) is 9.24. The molecule has 0 aliphatic rings. The molecule has 3 nitrogen and oxygen atoms in total. The summed E-state index contributed by atoms with van der Waals surface area (Å²) in [6, 6.07) is 4.25. The van der Waals surface area contributed by atoms with Crippen LogP contribution in [0.5, 0.6) is 11.5 Å². The van der Waals surface area contributed by atoms with E-state index in [1.807, 2.05) is 0 Å². The fourth-order valence-corrected chi connectivity index (χ4v) is 1.31. The second kappa shape index (κ2) is 5.37. The van der Waals surface area contributed by atoms with E-state index in [2.05, 4.69) is 6.58 Å². The summed E-state index contributed by atoms with van der Waals surface area (Å²) in [5, 5.41) is 17.8. The largest absolute Gasteiger partial charge is 0.504 e. The molecule has 0 fully saturated rings. The van der Waals surface area contributed by atoms with Crippen LogP contribution in [0.1, 0.15) is 12.0 Å². The third-order valence-electron chi connectivity index (χ3n) is 1.96. The molecule has 0 amide bonds. The van der Waals surface area contributed by atoms with Crippen molar-refractivity contribution in [1.82, 2.24) is 0 Å². The highest BCUT2D eigenvalue weighted by atomic mass is 35.5. The van der Waals surface area contributed by atoms with E-state index in [0.29, 0.717) is 17.6 Å². The van der Waals surface area contributed by atoms with Crippen molar-refractivity contribution in [2.45, 2.75) is 6.42 Å². The van der Waals surface area contributed by atoms with E-state index in [1.54, 1.807) is 12.1 Å². The van der Waals surface area contributed by atoms with Gasteiger partial charge in [-0.1, -0.05) is 12.1 Å². The molecule has 0 aromatic heterocycles. The Balaban J connectivity index is 3.07. The quantitative estimate of drug-likeness (QED) is 0.367. The minimum atomic E-state index is -0.563. The van der Waals surface area contributed by atoms with Crippen molar-refractivity contribution in [1.29, 1.82) is 0 Å². The Morgan fingerprint density at radius 1 is 1.38 bits per heavy atom. The lowest BCUT2D eigenvalue weighted by Crippen LogP contribution is -1.91. The first kappa shape index (κ1) is 12.3. The molecule has 1 rings (SSSR count). The summed E-state index contributed by atoms with van der Waals surface area (Å²) >= 11 is 5.38. The van der Waals surface area contributed by atoms with E-state index in [1.165, 1.54) is 18.2 Å². The molecule has 0 aliphatic carbocycles. The van der Waals surface area contributed by atoms with Gasteiger partial charge in [-0.15, -0.1) is 6.58 Å². The number of phenolic OH excluding ortho intramolecular Hbond substituents is 2. The third-order valence-corrected chi connectivity index (χ3v) is 2.20. The second-order valence-corrected chi connectivity index (χ2v) is 3.53. The minimum Gasteiger partial charge on any atom is -0.504 e. The first-order chi connectivity index (χ1) is 7.54. The van der Waals surface area contributed by atoms with Crippen molar-refractivity contribution in [3.8, 4) is 11.5 Å². The van der Waals surface area contributed by atoms with Crippen LogP contribution in [-0.4, -0.2) is 15.5 Å². The molecule has 0 saturated heterocycles. The van der Waals surface area contributed by atoms with Crippen molar-refractivity contribution in [3.05, 3.63) is 42.0 Å². The molecule has 2 N–H and O–H groups in total. The molecule has 0 heterocycles. The molecule has 0 spiro atoms. The molecule has 0 aliphatic heterocycles. The van der Waals surface area contributed by atoms with Crippen molar-refractivity contribution in [3.63, 3.8) is 0 Å². The Hall–Kier alpha value is -1.74. The number of phenols is 2. The van der Waals surface area contributed by atoms with E-state index >= 15 is 0 Å². The van der Waals surface area contributed by atoms with Crippen molar-refractivity contribution in [2.75, 3.05) is 0 Å². The lowest BCUT2D eigenvalue weighted by atomic mass is 10.1. The maximum atomic E-state index is 11.0. The van der Waals surface area contributed by atoms with Crippen LogP contribution in [0.3, 0.4) is 0 Å². The maximum absolute atomic E-state index is 11.0. The monoisotopic (exact) mass is 238 g/mol. The fraction of sp³-hybridized carbons (Fsp3) is 0.0833. The molecule has 0 atom stereocenters. The minimum absolute atomic E-state index is 0.209. The predicted molar refractivity (Wildman–Crippen MR) is 63.4 cm³/mol. The van der Waals surface area contributed by atoms with Gasteiger partial charge in [0, 0.05) is 5.57 Å². The first-order valence-electron chi connectivity index (χ1n) is 4.58. The van der Waals surface area contributed by atoms with Crippen molar-refractivity contribution in [2.24, 2.45) is 0 Å². The molecule has 1 aromatic rings. The summed E-state index contributed by atoms with van der Waals surface area (Å²) in [7, 11) is 0. The van der Waals surface area contributed by atoms with Crippen molar-refractivity contribution >= 4 is 22.9 Å². The lowest BCUT2D eigenvalue weighted by molar-refractivity contribution is -0.108.